The number of fused-ring (bicyclic) bond motifs is 1. The fourth-order valence-corrected chi connectivity index (χ4v) is 3.87. The lowest BCUT2D eigenvalue weighted by molar-refractivity contribution is 0.290. The molecular weight excluding hydrogens is 298 g/mol. The number of nitrogens with one attached hydrogen (secondary N) is 1. The maximum absolute atomic E-state index is 6.01. The zero-order valence-corrected chi connectivity index (χ0v) is 13.0. The van der Waals surface area contributed by atoms with Crippen LogP contribution in [0.2, 0.25) is 5.02 Å². The third-order valence-corrected chi connectivity index (χ3v) is 4.98. The van der Waals surface area contributed by atoms with Gasteiger partial charge in [-0.1, -0.05) is 11.6 Å². The second-order valence-electron chi connectivity index (χ2n) is 4.70. The molecule has 0 spiro atoms. The topological polar surface area (TPSA) is 24.0 Å². The summed E-state index contributed by atoms with van der Waals surface area (Å²) in [5.74, 6) is 2.49. The van der Waals surface area contributed by atoms with E-state index in [0.29, 0.717) is 0 Å². The highest BCUT2D eigenvalue weighted by Crippen LogP contribution is 2.19. The van der Waals surface area contributed by atoms with Crippen molar-refractivity contribution < 1.29 is 0 Å². The SMILES string of the molecule is S=c1[nH]c2cc(Cl)ccc2n1CCN1CCSCC1. The van der Waals surface area contributed by atoms with E-state index in [1.54, 1.807) is 0 Å². The third kappa shape index (κ3) is 2.99. The summed E-state index contributed by atoms with van der Waals surface area (Å²) in [6, 6.07) is 5.89. The van der Waals surface area contributed by atoms with Gasteiger partial charge in [0, 0.05) is 42.7 Å². The van der Waals surface area contributed by atoms with Gasteiger partial charge in [0.2, 0.25) is 0 Å². The van der Waals surface area contributed by atoms with Crippen molar-refractivity contribution in [2.24, 2.45) is 0 Å². The lowest BCUT2D eigenvalue weighted by Crippen LogP contribution is -2.35. The van der Waals surface area contributed by atoms with Crippen LogP contribution >= 0.6 is 35.6 Å². The van der Waals surface area contributed by atoms with Crippen LogP contribution in [0.4, 0.5) is 0 Å². The molecule has 6 heteroatoms. The molecular formula is C13H16ClN3S2. The van der Waals surface area contributed by atoms with Gasteiger partial charge in [0.25, 0.3) is 0 Å². The standard InChI is InChI=1S/C13H16ClN3S2/c14-10-1-2-12-11(9-10)15-13(18)17(12)4-3-16-5-7-19-8-6-16/h1-2,9H,3-8H2,(H,15,18). The molecule has 102 valence electrons. The Morgan fingerprint density at radius 2 is 2.05 bits per heavy atom. The average Bonchev–Trinajstić information content (AvgIpc) is 2.72. The Kier molecular flexibility index (Phi) is 4.17. The van der Waals surface area contributed by atoms with E-state index >= 15 is 0 Å². The van der Waals surface area contributed by atoms with Crippen LogP contribution in [-0.2, 0) is 6.54 Å². The highest BCUT2D eigenvalue weighted by Gasteiger charge is 2.11. The molecule has 0 bridgehead atoms. The summed E-state index contributed by atoms with van der Waals surface area (Å²) in [4.78, 5) is 5.73. The minimum atomic E-state index is 0.740. The van der Waals surface area contributed by atoms with Crippen LogP contribution in [0.25, 0.3) is 11.0 Å². The van der Waals surface area contributed by atoms with Gasteiger partial charge in [-0.3, -0.25) is 4.90 Å². The van der Waals surface area contributed by atoms with Crippen LogP contribution in [0.5, 0.6) is 0 Å². The molecule has 1 aromatic carbocycles. The summed E-state index contributed by atoms with van der Waals surface area (Å²) in [5.41, 5.74) is 2.16. The first kappa shape index (κ1) is 13.5. The van der Waals surface area contributed by atoms with E-state index in [4.69, 9.17) is 23.8 Å². The molecule has 2 heterocycles. The number of H-pyrrole nitrogens is 1. The van der Waals surface area contributed by atoms with E-state index in [2.05, 4.69) is 14.5 Å². The first-order valence-corrected chi connectivity index (χ1v) is 8.36. The van der Waals surface area contributed by atoms with E-state index in [0.717, 1.165) is 33.9 Å². The molecule has 1 fully saturated rings. The fraction of sp³-hybridized carbons (Fsp3) is 0.462. The maximum atomic E-state index is 6.01. The molecule has 0 radical (unpaired) electrons. The van der Waals surface area contributed by atoms with Crippen molar-refractivity contribution >= 4 is 46.6 Å². The van der Waals surface area contributed by atoms with E-state index in [9.17, 15) is 0 Å². The molecule has 0 aliphatic carbocycles. The van der Waals surface area contributed by atoms with Crippen molar-refractivity contribution in [2.75, 3.05) is 31.1 Å². The Morgan fingerprint density at radius 1 is 1.26 bits per heavy atom. The molecule has 0 saturated carbocycles. The zero-order chi connectivity index (χ0) is 13.2. The van der Waals surface area contributed by atoms with Gasteiger partial charge >= 0.3 is 0 Å². The number of halogens is 1. The van der Waals surface area contributed by atoms with Crippen molar-refractivity contribution in [1.29, 1.82) is 0 Å². The molecule has 0 unspecified atom stereocenters. The van der Waals surface area contributed by atoms with Crippen molar-refractivity contribution in [3.05, 3.63) is 28.0 Å². The number of thioether (sulfide) groups is 1. The van der Waals surface area contributed by atoms with Gasteiger partial charge in [0.1, 0.15) is 0 Å². The maximum Gasteiger partial charge on any atom is 0.178 e. The Labute approximate surface area is 126 Å². The Hall–Kier alpha value is -0.490. The van der Waals surface area contributed by atoms with Crippen LogP contribution in [0.3, 0.4) is 0 Å². The molecule has 1 N–H and O–H groups in total. The number of aromatic amines is 1. The summed E-state index contributed by atoms with van der Waals surface area (Å²) in [6.07, 6.45) is 0. The first-order valence-electron chi connectivity index (χ1n) is 6.42. The molecule has 3 nitrogen and oxygen atoms in total. The molecule has 1 aliphatic rings. The second-order valence-corrected chi connectivity index (χ2v) is 6.75. The van der Waals surface area contributed by atoms with Gasteiger partial charge in [-0.15, -0.1) is 0 Å². The highest BCUT2D eigenvalue weighted by atomic mass is 35.5. The Morgan fingerprint density at radius 3 is 2.84 bits per heavy atom. The van der Waals surface area contributed by atoms with E-state index in [1.165, 1.54) is 24.6 Å². The number of aromatic nitrogens is 2. The van der Waals surface area contributed by atoms with Crippen LogP contribution in [0.1, 0.15) is 0 Å². The molecule has 0 amide bonds. The Bertz CT molecular complexity index is 628. The lowest BCUT2D eigenvalue weighted by Gasteiger charge is -2.26. The predicted octanol–water partition coefficient (Wildman–Crippen LogP) is 3.40. The molecule has 1 saturated heterocycles. The van der Waals surface area contributed by atoms with Gasteiger partial charge in [0.05, 0.1) is 11.0 Å². The molecule has 2 aromatic rings. The molecule has 19 heavy (non-hydrogen) atoms. The number of benzene rings is 1. The summed E-state index contributed by atoms with van der Waals surface area (Å²) in [5, 5.41) is 0.740. The molecule has 0 atom stereocenters. The van der Waals surface area contributed by atoms with Gasteiger partial charge in [-0.25, -0.2) is 0 Å². The number of rotatable bonds is 3. The zero-order valence-electron chi connectivity index (χ0n) is 10.6. The fourth-order valence-electron chi connectivity index (χ4n) is 2.42. The van der Waals surface area contributed by atoms with Gasteiger partial charge in [-0.2, -0.15) is 11.8 Å². The van der Waals surface area contributed by atoms with E-state index in [-0.39, 0.29) is 0 Å². The van der Waals surface area contributed by atoms with Crippen molar-refractivity contribution in [1.82, 2.24) is 14.5 Å². The van der Waals surface area contributed by atoms with Gasteiger partial charge in [0.15, 0.2) is 4.77 Å². The molecule has 1 aliphatic heterocycles. The predicted molar refractivity (Wildman–Crippen MR) is 85.9 cm³/mol. The largest absolute Gasteiger partial charge is 0.331 e. The van der Waals surface area contributed by atoms with Crippen LogP contribution in [0.15, 0.2) is 18.2 Å². The van der Waals surface area contributed by atoms with Crippen molar-refractivity contribution in [3.63, 3.8) is 0 Å². The number of imidazole rings is 1. The number of hydrogen-bond donors (Lipinski definition) is 1. The molecule has 3 rings (SSSR count). The number of nitrogens with zero attached hydrogens (tertiary/aromatic N) is 2. The minimum Gasteiger partial charge on any atom is -0.331 e. The highest BCUT2D eigenvalue weighted by molar-refractivity contribution is 7.99. The van der Waals surface area contributed by atoms with Crippen molar-refractivity contribution in [3.8, 4) is 0 Å². The van der Waals surface area contributed by atoms with E-state index < -0.39 is 0 Å². The summed E-state index contributed by atoms with van der Waals surface area (Å²) >= 11 is 13.4. The van der Waals surface area contributed by atoms with Gasteiger partial charge < -0.3 is 9.55 Å². The third-order valence-electron chi connectivity index (χ3n) is 3.48. The van der Waals surface area contributed by atoms with Gasteiger partial charge in [-0.05, 0) is 30.4 Å². The minimum absolute atomic E-state index is 0.740. The Balaban J connectivity index is 1.80. The second kappa shape index (κ2) is 5.87. The summed E-state index contributed by atoms with van der Waals surface area (Å²) in [7, 11) is 0. The first-order chi connectivity index (χ1) is 9.24. The van der Waals surface area contributed by atoms with Crippen molar-refractivity contribution in [2.45, 2.75) is 6.54 Å². The van der Waals surface area contributed by atoms with Crippen LogP contribution in [0, 0.1) is 4.77 Å². The number of hydrogen-bond acceptors (Lipinski definition) is 3. The normalized spacial score (nSPS) is 17.1. The van der Waals surface area contributed by atoms with Crippen LogP contribution in [-0.4, -0.2) is 45.6 Å². The quantitative estimate of drug-likeness (QED) is 0.879. The van der Waals surface area contributed by atoms with E-state index in [1.807, 2.05) is 30.0 Å². The summed E-state index contributed by atoms with van der Waals surface area (Å²) < 4.78 is 2.95. The summed E-state index contributed by atoms with van der Waals surface area (Å²) in [6.45, 7) is 4.37. The van der Waals surface area contributed by atoms with Crippen LogP contribution < -0.4 is 0 Å². The lowest BCUT2D eigenvalue weighted by atomic mass is 10.3. The monoisotopic (exact) mass is 313 g/mol. The smallest absolute Gasteiger partial charge is 0.178 e. The average molecular weight is 314 g/mol. The molecule has 1 aromatic heterocycles.